The van der Waals surface area contributed by atoms with Crippen molar-refractivity contribution in [3.63, 3.8) is 0 Å². The van der Waals surface area contributed by atoms with Crippen LogP contribution in [0.4, 0.5) is 22.0 Å². The molecule has 0 amide bonds. The maximum Gasteiger partial charge on any atom is 0.418 e. The zero-order valence-corrected chi connectivity index (χ0v) is 7.98. The third kappa shape index (κ3) is 2.34. The van der Waals surface area contributed by atoms with Crippen LogP contribution in [0.3, 0.4) is 0 Å². The second-order valence-electron chi connectivity index (χ2n) is 3.04. The highest BCUT2D eigenvalue weighted by Gasteiger charge is 2.37. The highest BCUT2D eigenvalue weighted by atomic mass is 19.4. The van der Waals surface area contributed by atoms with E-state index in [1.807, 2.05) is 0 Å². The van der Waals surface area contributed by atoms with Crippen LogP contribution in [0.1, 0.15) is 33.7 Å². The molecule has 0 saturated heterocycles. The van der Waals surface area contributed by atoms with Gasteiger partial charge in [-0.25, -0.2) is 13.8 Å². The number of rotatable bonds is 2. The molecular weight excluding hydrogens is 233 g/mol. The molecule has 1 rings (SSSR count). The van der Waals surface area contributed by atoms with Gasteiger partial charge in [-0.05, 0) is 18.6 Å². The highest BCUT2D eigenvalue weighted by Crippen LogP contribution is 2.36. The fourth-order valence-electron chi connectivity index (χ4n) is 1.16. The van der Waals surface area contributed by atoms with Gasteiger partial charge in [0, 0.05) is 0 Å². The second-order valence-corrected chi connectivity index (χ2v) is 3.04. The molecule has 0 fully saturated rings. The summed E-state index contributed by atoms with van der Waals surface area (Å²) in [5.74, 6) is 0. The van der Waals surface area contributed by atoms with Gasteiger partial charge in [0.15, 0.2) is 6.29 Å². The Labute approximate surface area is 87.1 Å². The zero-order valence-electron chi connectivity index (χ0n) is 7.98. The van der Waals surface area contributed by atoms with Crippen molar-refractivity contribution in [1.29, 1.82) is 0 Å². The molecule has 0 aliphatic heterocycles. The Morgan fingerprint density at radius 2 is 1.94 bits per heavy atom. The third-order valence-electron chi connectivity index (χ3n) is 1.91. The van der Waals surface area contributed by atoms with Crippen LogP contribution in [0.5, 0.6) is 0 Å². The van der Waals surface area contributed by atoms with E-state index in [0.29, 0.717) is 6.07 Å². The lowest BCUT2D eigenvalue weighted by Crippen LogP contribution is -2.13. The number of aldehydes is 1. The topological polar surface area (TPSA) is 30.0 Å². The van der Waals surface area contributed by atoms with Crippen molar-refractivity contribution in [2.75, 3.05) is 0 Å². The van der Waals surface area contributed by atoms with Crippen molar-refractivity contribution in [2.24, 2.45) is 0 Å². The average Bonchev–Trinajstić information content (AvgIpc) is 2.15. The third-order valence-corrected chi connectivity index (χ3v) is 1.91. The van der Waals surface area contributed by atoms with Crippen LogP contribution < -0.4 is 0 Å². The van der Waals surface area contributed by atoms with Crippen LogP contribution in [0.25, 0.3) is 0 Å². The number of carbonyl (C=O) groups is 1. The Kier molecular flexibility index (Phi) is 3.25. The van der Waals surface area contributed by atoms with Gasteiger partial charge in [0.2, 0.25) is 0 Å². The largest absolute Gasteiger partial charge is 0.418 e. The molecule has 0 spiro atoms. The van der Waals surface area contributed by atoms with Gasteiger partial charge in [-0.2, -0.15) is 13.2 Å². The lowest BCUT2D eigenvalue weighted by atomic mass is 10.1. The summed E-state index contributed by atoms with van der Waals surface area (Å²) in [6.07, 6.45) is -8.15. The Balaban J connectivity index is 3.48. The number of alkyl halides is 5. The van der Waals surface area contributed by atoms with Crippen LogP contribution in [-0.4, -0.2) is 11.3 Å². The maximum absolute atomic E-state index is 12.4. The van der Waals surface area contributed by atoms with E-state index in [2.05, 4.69) is 4.98 Å². The fourth-order valence-corrected chi connectivity index (χ4v) is 1.16. The number of hydrogen-bond donors (Lipinski definition) is 0. The minimum atomic E-state index is -4.91. The normalized spacial score (nSPS) is 11.9. The summed E-state index contributed by atoms with van der Waals surface area (Å²) in [5, 5.41) is 0. The van der Waals surface area contributed by atoms with Crippen molar-refractivity contribution >= 4 is 6.29 Å². The van der Waals surface area contributed by atoms with E-state index in [4.69, 9.17) is 0 Å². The zero-order chi connectivity index (χ0) is 12.5. The molecule has 0 aromatic carbocycles. The first-order valence-electron chi connectivity index (χ1n) is 4.09. The molecule has 1 aromatic rings. The van der Waals surface area contributed by atoms with Gasteiger partial charge in [0.1, 0.15) is 11.4 Å². The first-order valence-corrected chi connectivity index (χ1v) is 4.09. The molecule has 0 radical (unpaired) electrons. The summed E-state index contributed by atoms with van der Waals surface area (Å²) in [4.78, 5) is 13.4. The summed E-state index contributed by atoms with van der Waals surface area (Å²) < 4.78 is 61.7. The van der Waals surface area contributed by atoms with E-state index >= 15 is 0 Å². The summed E-state index contributed by atoms with van der Waals surface area (Å²) in [6.45, 7) is 1.20. The molecule has 88 valence electrons. The summed E-state index contributed by atoms with van der Waals surface area (Å²) in [7, 11) is 0. The van der Waals surface area contributed by atoms with E-state index < -0.39 is 29.6 Å². The predicted octanol–water partition coefficient (Wildman–Crippen LogP) is 3.16. The van der Waals surface area contributed by atoms with E-state index in [0.717, 1.165) is 0 Å². The van der Waals surface area contributed by atoms with Crippen molar-refractivity contribution < 1.29 is 26.7 Å². The maximum atomic E-state index is 12.4. The highest BCUT2D eigenvalue weighted by molar-refractivity contribution is 5.74. The van der Waals surface area contributed by atoms with E-state index in [9.17, 15) is 26.7 Å². The molecule has 7 heteroatoms. The predicted molar refractivity (Wildman–Crippen MR) is 44.3 cm³/mol. The molecule has 0 atom stereocenters. The first-order chi connectivity index (χ1) is 7.27. The Hall–Kier alpha value is -1.53. The quantitative estimate of drug-likeness (QED) is 0.586. The Bertz CT molecular complexity index is 413. The summed E-state index contributed by atoms with van der Waals surface area (Å²) in [6, 6.07) is 0.498. The monoisotopic (exact) mass is 239 g/mol. The van der Waals surface area contributed by atoms with E-state index in [1.165, 1.54) is 6.92 Å². The van der Waals surface area contributed by atoms with Crippen LogP contribution in [0.2, 0.25) is 0 Å². The minimum absolute atomic E-state index is 0.0910. The van der Waals surface area contributed by atoms with Gasteiger partial charge in [0.25, 0.3) is 6.43 Å². The molecule has 2 nitrogen and oxygen atoms in total. The number of aromatic nitrogens is 1. The number of nitrogens with zero attached hydrogens (tertiary/aromatic N) is 1. The fraction of sp³-hybridized carbons (Fsp3) is 0.333. The number of halogens is 5. The SMILES string of the molecule is Cc1cc(C(F)(F)F)c(C(F)F)nc1C=O. The lowest BCUT2D eigenvalue weighted by molar-refractivity contribution is -0.140. The standard InChI is InChI=1S/C9H6F5NO/c1-4-2-5(9(12,13)14)7(8(10)11)15-6(4)3-16/h2-3,8H,1H3. The van der Waals surface area contributed by atoms with Crippen LogP contribution in [0, 0.1) is 6.92 Å². The van der Waals surface area contributed by atoms with Gasteiger partial charge in [-0.15, -0.1) is 0 Å². The number of pyridine rings is 1. The smallest absolute Gasteiger partial charge is 0.296 e. The van der Waals surface area contributed by atoms with Gasteiger partial charge >= 0.3 is 6.18 Å². The summed E-state index contributed by atoms with van der Waals surface area (Å²) in [5.41, 5.74) is -3.43. The van der Waals surface area contributed by atoms with Gasteiger partial charge in [-0.3, -0.25) is 4.79 Å². The van der Waals surface area contributed by atoms with Gasteiger partial charge in [-0.1, -0.05) is 0 Å². The van der Waals surface area contributed by atoms with Gasteiger partial charge in [0.05, 0.1) is 5.56 Å². The average molecular weight is 239 g/mol. The minimum Gasteiger partial charge on any atom is -0.296 e. The van der Waals surface area contributed by atoms with Crippen molar-refractivity contribution in [3.8, 4) is 0 Å². The Morgan fingerprint density at radius 3 is 2.31 bits per heavy atom. The molecule has 1 aromatic heterocycles. The molecule has 0 aliphatic carbocycles. The van der Waals surface area contributed by atoms with Crippen LogP contribution in [0.15, 0.2) is 6.07 Å². The number of aryl methyl sites for hydroxylation is 1. The molecular formula is C9H6F5NO. The molecule has 0 N–H and O–H groups in total. The molecule has 0 aliphatic rings. The lowest BCUT2D eigenvalue weighted by Gasteiger charge is -2.13. The first kappa shape index (κ1) is 12.5. The van der Waals surface area contributed by atoms with E-state index in [1.54, 1.807) is 0 Å². The van der Waals surface area contributed by atoms with E-state index in [-0.39, 0.29) is 11.8 Å². The molecule has 0 unspecified atom stereocenters. The number of hydrogen-bond acceptors (Lipinski definition) is 2. The van der Waals surface area contributed by atoms with Gasteiger partial charge < -0.3 is 0 Å². The molecule has 16 heavy (non-hydrogen) atoms. The van der Waals surface area contributed by atoms with Crippen molar-refractivity contribution in [3.05, 3.63) is 28.6 Å². The molecule has 1 heterocycles. The number of carbonyl (C=O) groups excluding carboxylic acids is 1. The van der Waals surface area contributed by atoms with Crippen LogP contribution >= 0.6 is 0 Å². The van der Waals surface area contributed by atoms with Crippen molar-refractivity contribution in [2.45, 2.75) is 19.5 Å². The van der Waals surface area contributed by atoms with Crippen molar-refractivity contribution in [1.82, 2.24) is 4.98 Å². The Morgan fingerprint density at radius 1 is 1.38 bits per heavy atom. The second kappa shape index (κ2) is 4.15. The summed E-state index contributed by atoms with van der Waals surface area (Å²) >= 11 is 0. The van der Waals surface area contributed by atoms with Crippen LogP contribution in [-0.2, 0) is 6.18 Å². The molecule has 0 bridgehead atoms. The molecule has 0 saturated carbocycles.